The van der Waals surface area contributed by atoms with Gasteiger partial charge in [0.2, 0.25) is 0 Å². The molecule has 0 amide bonds. The first-order chi connectivity index (χ1) is 8.24. The maximum absolute atomic E-state index is 11.8. The van der Waals surface area contributed by atoms with Crippen molar-refractivity contribution in [3.63, 3.8) is 0 Å². The summed E-state index contributed by atoms with van der Waals surface area (Å²) in [5.74, 6) is -0.216. The molecule has 0 fully saturated rings. The van der Waals surface area contributed by atoms with Gasteiger partial charge in [-0.25, -0.2) is 4.79 Å². The van der Waals surface area contributed by atoms with E-state index >= 15 is 0 Å². The maximum Gasteiger partial charge on any atom is 0.337 e. The standard InChI is InChI=1S/C13H14N2O2/c1-8-6-12-9(13(16)17-8)7-14-10-4-2-3-5-11(10)15-12/h2-5,8,14-15H,6-7H2,1H3/t8-/m1/s1. The summed E-state index contributed by atoms with van der Waals surface area (Å²) >= 11 is 0. The van der Waals surface area contributed by atoms with Gasteiger partial charge in [0.15, 0.2) is 0 Å². The third-order valence-electron chi connectivity index (χ3n) is 3.08. The van der Waals surface area contributed by atoms with E-state index in [0.717, 1.165) is 23.5 Å². The number of fused-ring (bicyclic) bond motifs is 1. The minimum absolute atomic E-state index is 0.0565. The summed E-state index contributed by atoms with van der Waals surface area (Å²) in [6, 6.07) is 7.95. The highest BCUT2D eigenvalue weighted by Gasteiger charge is 2.28. The van der Waals surface area contributed by atoms with Crippen LogP contribution in [-0.2, 0) is 9.53 Å². The first-order valence-electron chi connectivity index (χ1n) is 5.77. The van der Waals surface area contributed by atoms with E-state index < -0.39 is 0 Å². The number of hydrogen-bond acceptors (Lipinski definition) is 4. The molecule has 1 aromatic carbocycles. The first-order valence-corrected chi connectivity index (χ1v) is 5.77. The van der Waals surface area contributed by atoms with Crippen molar-refractivity contribution >= 4 is 17.3 Å². The van der Waals surface area contributed by atoms with Crippen LogP contribution in [0.15, 0.2) is 35.5 Å². The second-order valence-corrected chi connectivity index (χ2v) is 4.40. The molecule has 3 rings (SSSR count). The van der Waals surface area contributed by atoms with Crippen molar-refractivity contribution in [1.29, 1.82) is 0 Å². The van der Waals surface area contributed by atoms with E-state index in [2.05, 4.69) is 10.6 Å². The van der Waals surface area contributed by atoms with E-state index in [9.17, 15) is 4.79 Å². The van der Waals surface area contributed by atoms with Gasteiger partial charge in [-0.1, -0.05) is 12.1 Å². The molecule has 2 N–H and O–H groups in total. The maximum atomic E-state index is 11.8. The summed E-state index contributed by atoms with van der Waals surface area (Å²) in [6.07, 6.45) is 0.691. The Bertz CT molecular complexity index is 508. The van der Waals surface area contributed by atoms with E-state index in [0.29, 0.717) is 12.1 Å². The van der Waals surface area contributed by atoms with Gasteiger partial charge in [0.25, 0.3) is 0 Å². The zero-order valence-corrected chi connectivity index (χ0v) is 9.62. The summed E-state index contributed by atoms with van der Waals surface area (Å²) in [6.45, 7) is 2.43. The van der Waals surface area contributed by atoms with Crippen LogP contribution >= 0.6 is 0 Å². The fraction of sp³-hybridized carbons (Fsp3) is 0.308. The lowest BCUT2D eigenvalue weighted by Crippen LogP contribution is -2.28. The predicted octanol–water partition coefficient (Wildman–Crippen LogP) is 2.11. The first kappa shape index (κ1) is 10.2. The van der Waals surface area contributed by atoms with Crippen molar-refractivity contribution in [3.8, 4) is 0 Å². The van der Waals surface area contributed by atoms with Crippen LogP contribution in [-0.4, -0.2) is 18.6 Å². The molecule has 0 spiro atoms. The van der Waals surface area contributed by atoms with Crippen LogP contribution in [0.3, 0.4) is 0 Å². The Morgan fingerprint density at radius 2 is 2.06 bits per heavy atom. The topological polar surface area (TPSA) is 50.4 Å². The predicted molar refractivity (Wildman–Crippen MR) is 65.8 cm³/mol. The van der Waals surface area contributed by atoms with Gasteiger partial charge in [-0.15, -0.1) is 0 Å². The summed E-state index contributed by atoms with van der Waals surface area (Å²) in [7, 11) is 0. The van der Waals surface area contributed by atoms with Gasteiger partial charge in [0.1, 0.15) is 6.10 Å². The third-order valence-corrected chi connectivity index (χ3v) is 3.08. The number of esters is 1. The van der Waals surface area contributed by atoms with Crippen LogP contribution in [0.2, 0.25) is 0 Å². The zero-order chi connectivity index (χ0) is 11.8. The fourth-order valence-corrected chi connectivity index (χ4v) is 2.23. The molecule has 0 bridgehead atoms. The van der Waals surface area contributed by atoms with Crippen molar-refractivity contribution in [2.75, 3.05) is 17.2 Å². The van der Waals surface area contributed by atoms with Gasteiger partial charge in [0.05, 0.1) is 16.9 Å². The number of benzene rings is 1. The van der Waals surface area contributed by atoms with E-state index in [1.807, 2.05) is 31.2 Å². The highest BCUT2D eigenvalue weighted by atomic mass is 16.5. The van der Waals surface area contributed by atoms with Crippen LogP contribution in [0.1, 0.15) is 13.3 Å². The normalized spacial score (nSPS) is 22.6. The molecule has 2 heterocycles. The van der Waals surface area contributed by atoms with Crippen molar-refractivity contribution in [2.24, 2.45) is 0 Å². The van der Waals surface area contributed by atoms with Crippen LogP contribution in [0.4, 0.5) is 11.4 Å². The molecule has 17 heavy (non-hydrogen) atoms. The van der Waals surface area contributed by atoms with Gasteiger partial charge in [0, 0.05) is 18.7 Å². The van der Waals surface area contributed by atoms with Crippen LogP contribution in [0.5, 0.6) is 0 Å². The molecule has 4 heteroatoms. The number of cyclic esters (lactones) is 1. The average molecular weight is 230 g/mol. The Kier molecular flexibility index (Phi) is 2.28. The highest BCUT2D eigenvalue weighted by Crippen LogP contribution is 2.31. The number of nitrogens with one attached hydrogen (secondary N) is 2. The molecule has 2 aliphatic heterocycles. The van der Waals surface area contributed by atoms with Crippen molar-refractivity contribution in [1.82, 2.24) is 0 Å². The molecular weight excluding hydrogens is 216 g/mol. The molecule has 0 unspecified atom stereocenters. The van der Waals surface area contributed by atoms with E-state index in [4.69, 9.17) is 4.74 Å². The van der Waals surface area contributed by atoms with Crippen LogP contribution in [0, 0.1) is 0 Å². The highest BCUT2D eigenvalue weighted by molar-refractivity contribution is 5.93. The fourth-order valence-electron chi connectivity index (χ4n) is 2.23. The summed E-state index contributed by atoms with van der Waals surface area (Å²) in [4.78, 5) is 11.8. The summed E-state index contributed by atoms with van der Waals surface area (Å²) < 4.78 is 5.23. The average Bonchev–Trinajstić information content (AvgIpc) is 2.47. The minimum Gasteiger partial charge on any atom is -0.459 e. The van der Waals surface area contributed by atoms with Gasteiger partial charge in [-0.05, 0) is 19.1 Å². The smallest absolute Gasteiger partial charge is 0.337 e. The SMILES string of the molecule is C[C@@H]1CC2=C(CNc3ccccc3N2)C(=O)O1. The van der Waals surface area contributed by atoms with Crippen molar-refractivity contribution in [3.05, 3.63) is 35.5 Å². The number of ether oxygens (including phenoxy) is 1. The van der Waals surface area contributed by atoms with Gasteiger partial charge < -0.3 is 15.4 Å². The lowest BCUT2D eigenvalue weighted by Gasteiger charge is -2.23. The largest absolute Gasteiger partial charge is 0.459 e. The number of carbonyl (C=O) groups is 1. The summed E-state index contributed by atoms with van der Waals surface area (Å²) in [5, 5.41) is 6.59. The van der Waals surface area contributed by atoms with Crippen molar-refractivity contribution in [2.45, 2.75) is 19.4 Å². The molecule has 88 valence electrons. The second kappa shape index (κ2) is 3.80. The molecular formula is C13H14N2O2. The molecule has 0 aliphatic carbocycles. The monoisotopic (exact) mass is 230 g/mol. The van der Waals surface area contributed by atoms with Crippen LogP contribution < -0.4 is 10.6 Å². The Labute approximate surface area is 99.7 Å². The lowest BCUT2D eigenvalue weighted by molar-refractivity contribution is -0.144. The molecule has 4 nitrogen and oxygen atoms in total. The molecule has 0 aromatic heterocycles. The van der Waals surface area contributed by atoms with Gasteiger partial charge in [-0.2, -0.15) is 0 Å². The molecule has 0 saturated heterocycles. The second-order valence-electron chi connectivity index (χ2n) is 4.40. The van der Waals surface area contributed by atoms with E-state index in [1.165, 1.54) is 0 Å². The van der Waals surface area contributed by atoms with Crippen molar-refractivity contribution < 1.29 is 9.53 Å². The number of hydrogen-bond donors (Lipinski definition) is 2. The van der Waals surface area contributed by atoms with Crippen LogP contribution in [0.25, 0.3) is 0 Å². The zero-order valence-electron chi connectivity index (χ0n) is 9.62. The molecule has 1 atom stereocenters. The third kappa shape index (κ3) is 1.75. The van der Waals surface area contributed by atoms with Gasteiger partial charge in [-0.3, -0.25) is 0 Å². The Balaban J connectivity index is 2.00. The van der Waals surface area contributed by atoms with E-state index in [1.54, 1.807) is 0 Å². The molecule has 0 saturated carbocycles. The number of para-hydroxylation sites is 2. The number of anilines is 2. The number of carbonyl (C=O) groups excluding carboxylic acids is 1. The Hall–Kier alpha value is -1.97. The number of rotatable bonds is 0. The van der Waals surface area contributed by atoms with E-state index in [-0.39, 0.29) is 12.1 Å². The molecule has 2 aliphatic rings. The summed E-state index contributed by atoms with van der Waals surface area (Å²) in [5.41, 5.74) is 3.72. The Morgan fingerprint density at radius 3 is 2.88 bits per heavy atom. The molecule has 1 aromatic rings. The quantitative estimate of drug-likeness (QED) is 0.670. The minimum atomic E-state index is -0.216. The Morgan fingerprint density at radius 1 is 1.29 bits per heavy atom. The lowest BCUT2D eigenvalue weighted by atomic mass is 10.1. The van der Waals surface area contributed by atoms with Gasteiger partial charge >= 0.3 is 5.97 Å². The molecule has 0 radical (unpaired) electrons.